The summed E-state index contributed by atoms with van der Waals surface area (Å²) in [6, 6.07) is 2.19. The fraction of sp³-hybridized carbons (Fsp3) is 0.688. The average molecular weight is 263 g/mol. The minimum atomic E-state index is 0.112. The number of carbonyl (C=O) groups is 1. The molecule has 1 unspecified atom stereocenters. The summed E-state index contributed by atoms with van der Waals surface area (Å²) in [6.45, 7) is 8.55. The third-order valence-electron chi connectivity index (χ3n) is 3.83. The molecule has 1 heterocycles. The molecular formula is C16H25NO2. The number of furan rings is 1. The van der Waals surface area contributed by atoms with Crippen LogP contribution < -0.4 is 5.32 Å². The van der Waals surface area contributed by atoms with E-state index in [9.17, 15) is 4.79 Å². The molecule has 0 radical (unpaired) electrons. The number of hydrogen-bond donors (Lipinski definition) is 1. The summed E-state index contributed by atoms with van der Waals surface area (Å²) in [4.78, 5) is 12.0. The van der Waals surface area contributed by atoms with E-state index in [1.165, 1.54) is 5.56 Å². The van der Waals surface area contributed by atoms with E-state index in [4.69, 9.17) is 4.42 Å². The molecule has 1 aliphatic carbocycles. The monoisotopic (exact) mass is 263 g/mol. The molecule has 1 aliphatic rings. The Morgan fingerprint density at radius 3 is 2.95 bits per heavy atom. The van der Waals surface area contributed by atoms with Crippen molar-refractivity contribution in [2.45, 2.75) is 65.8 Å². The summed E-state index contributed by atoms with van der Waals surface area (Å²) in [5, 5.41) is 3.18. The number of carbonyl (C=O) groups excluding carboxylic acids is 1. The SMILES string of the molecule is CCCCC(=O)NC1CC(C)(C)Cc2oc(C)cc21. The first-order valence-corrected chi connectivity index (χ1v) is 7.30. The van der Waals surface area contributed by atoms with Gasteiger partial charge in [0.05, 0.1) is 6.04 Å². The first-order valence-electron chi connectivity index (χ1n) is 7.30. The zero-order chi connectivity index (χ0) is 14.0. The topological polar surface area (TPSA) is 42.2 Å². The lowest BCUT2D eigenvalue weighted by molar-refractivity contribution is -0.122. The first-order chi connectivity index (χ1) is 8.91. The molecule has 1 atom stereocenters. The maximum Gasteiger partial charge on any atom is 0.220 e. The van der Waals surface area contributed by atoms with Crippen molar-refractivity contribution in [1.29, 1.82) is 0 Å². The van der Waals surface area contributed by atoms with Crippen molar-refractivity contribution in [1.82, 2.24) is 5.32 Å². The molecule has 106 valence electrons. The molecule has 0 saturated carbocycles. The summed E-state index contributed by atoms with van der Waals surface area (Å²) in [6.07, 6.45) is 4.58. The van der Waals surface area contributed by atoms with Crippen LogP contribution >= 0.6 is 0 Å². The van der Waals surface area contributed by atoms with Crippen LogP contribution in [0.2, 0.25) is 0 Å². The number of unbranched alkanes of at least 4 members (excludes halogenated alkanes) is 1. The van der Waals surface area contributed by atoms with Crippen LogP contribution in [-0.4, -0.2) is 5.91 Å². The van der Waals surface area contributed by atoms with Gasteiger partial charge in [0.15, 0.2) is 0 Å². The summed E-state index contributed by atoms with van der Waals surface area (Å²) in [7, 11) is 0. The van der Waals surface area contributed by atoms with Crippen LogP contribution in [0, 0.1) is 12.3 Å². The van der Waals surface area contributed by atoms with Gasteiger partial charge in [-0.05, 0) is 31.2 Å². The molecule has 0 aromatic carbocycles. The molecule has 0 saturated heterocycles. The van der Waals surface area contributed by atoms with Crippen molar-refractivity contribution >= 4 is 5.91 Å². The molecule has 1 aromatic heterocycles. The van der Waals surface area contributed by atoms with Gasteiger partial charge in [-0.25, -0.2) is 0 Å². The van der Waals surface area contributed by atoms with Gasteiger partial charge in [-0.1, -0.05) is 27.2 Å². The number of aryl methyl sites for hydroxylation is 1. The Balaban J connectivity index is 2.13. The fourth-order valence-electron chi connectivity index (χ4n) is 2.92. The highest BCUT2D eigenvalue weighted by molar-refractivity contribution is 5.76. The van der Waals surface area contributed by atoms with Crippen LogP contribution in [0.4, 0.5) is 0 Å². The maximum absolute atomic E-state index is 12.0. The van der Waals surface area contributed by atoms with Crippen molar-refractivity contribution in [2.24, 2.45) is 5.41 Å². The van der Waals surface area contributed by atoms with Gasteiger partial charge in [0, 0.05) is 18.4 Å². The number of rotatable bonds is 4. The molecule has 0 aliphatic heterocycles. The van der Waals surface area contributed by atoms with Crippen LogP contribution in [0.3, 0.4) is 0 Å². The highest BCUT2D eigenvalue weighted by Crippen LogP contribution is 2.41. The zero-order valence-corrected chi connectivity index (χ0v) is 12.5. The van der Waals surface area contributed by atoms with Crippen LogP contribution in [0.1, 0.15) is 69.6 Å². The standard InChI is InChI=1S/C16H25NO2/c1-5-6-7-15(18)17-13-9-16(3,4)10-14-12(13)8-11(2)19-14/h8,13H,5-7,9-10H2,1-4H3,(H,17,18). The number of hydrogen-bond acceptors (Lipinski definition) is 2. The van der Waals surface area contributed by atoms with Crippen LogP contribution in [0.25, 0.3) is 0 Å². The maximum atomic E-state index is 12.0. The zero-order valence-electron chi connectivity index (χ0n) is 12.5. The van der Waals surface area contributed by atoms with Crippen LogP contribution in [-0.2, 0) is 11.2 Å². The van der Waals surface area contributed by atoms with Gasteiger partial charge < -0.3 is 9.73 Å². The van der Waals surface area contributed by atoms with Gasteiger partial charge in [-0.2, -0.15) is 0 Å². The van der Waals surface area contributed by atoms with Crippen molar-refractivity contribution < 1.29 is 9.21 Å². The second-order valence-corrected chi connectivity index (χ2v) is 6.50. The Bertz CT molecular complexity index is 459. The summed E-state index contributed by atoms with van der Waals surface area (Å²) >= 11 is 0. The molecule has 1 aromatic rings. The van der Waals surface area contributed by atoms with E-state index >= 15 is 0 Å². The molecular weight excluding hydrogens is 238 g/mol. The van der Waals surface area contributed by atoms with Crippen LogP contribution in [0.5, 0.6) is 0 Å². The first kappa shape index (κ1) is 14.2. The van der Waals surface area contributed by atoms with E-state index in [1.807, 2.05) is 6.92 Å². The second kappa shape index (κ2) is 5.40. The van der Waals surface area contributed by atoms with Crippen LogP contribution in [0.15, 0.2) is 10.5 Å². The van der Waals surface area contributed by atoms with Gasteiger partial charge in [0.1, 0.15) is 11.5 Å². The van der Waals surface area contributed by atoms with Crippen molar-refractivity contribution in [3.63, 3.8) is 0 Å². The van der Waals surface area contributed by atoms with E-state index in [-0.39, 0.29) is 17.4 Å². The van der Waals surface area contributed by atoms with Crippen molar-refractivity contribution in [3.05, 3.63) is 23.2 Å². The molecule has 1 N–H and O–H groups in total. The Morgan fingerprint density at radius 1 is 1.53 bits per heavy atom. The number of fused-ring (bicyclic) bond motifs is 1. The van der Waals surface area contributed by atoms with Gasteiger partial charge in [0.25, 0.3) is 0 Å². The second-order valence-electron chi connectivity index (χ2n) is 6.50. The number of nitrogens with one attached hydrogen (secondary N) is 1. The van der Waals surface area contributed by atoms with Gasteiger partial charge in [-0.15, -0.1) is 0 Å². The number of amides is 1. The minimum absolute atomic E-state index is 0.112. The van der Waals surface area contributed by atoms with Crippen molar-refractivity contribution in [3.8, 4) is 0 Å². The van der Waals surface area contributed by atoms with E-state index in [0.717, 1.165) is 37.2 Å². The largest absolute Gasteiger partial charge is 0.466 e. The Kier molecular flexibility index (Phi) is 4.02. The molecule has 3 heteroatoms. The summed E-state index contributed by atoms with van der Waals surface area (Å²) in [5.41, 5.74) is 1.36. The lowest BCUT2D eigenvalue weighted by Gasteiger charge is -2.34. The Labute approximate surface area is 115 Å². The van der Waals surface area contributed by atoms with E-state index in [1.54, 1.807) is 0 Å². The fourth-order valence-corrected chi connectivity index (χ4v) is 2.92. The highest BCUT2D eigenvalue weighted by atomic mass is 16.3. The third kappa shape index (κ3) is 3.40. The molecule has 0 spiro atoms. The smallest absolute Gasteiger partial charge is 0.220 e. The quantitative estimate of drug-likeness (QED) is 0.895. The predicted octanol–water partition coefficient (Wildman–Crippen LogP) is 3.91. The summed E-state index contributed by atoms with van der Waals surface area (Å²) in [5.74, 6) is 2.15. The molecule has 0 bridgehead atoms. The van der Waals surface area contributed by atoms with E-state index in [2.05, 4.69) is 32.2 Å². The van der Waals surface area contributed by atoms with Gasteiger partial charge in [0.2, 0.25) is 5.91 Å². The molecule has 3 nitrogen and oxygen atoms in total. The third-order valence-corrected chi connectivity index (χ3v) is 3.83. The van der Waals surface area contributed by atoms with Gasteiger partial charge in [-0.3, -0.25) is 4.79 Å². The normalized spacial score (nSPS) is 20.9. The lowest BCUT2D eigenvalue weighted by atomic mass is 9.74. The molecule has 19 heavy (non-hydrogen) atoms. The highest BCUT2D eigenvalue weighted by Gasteiger charge is 2.35. The Morgan fingerprint density at radius 2 is 2.26 bits per heavy atom. The minimum Gasteiger partial charge on any atom is -0.466 e. The predicted molar refractivity (Wildman–Crippen MR) is 76.0 cm³/mol. The van der Waals surface area contributed by atoms with Crippen molar-refractivity contribution in [2.75, 3.05) is 0 Å². The van der Waals surface area contributed by atoms with E-state index in [0.29, 0.717) is 6.42 Å². The average Bonchev–Trinajstić information content (AvgIpc) is 2.65. The molecule has 2 rings (SSSR count). The van der Waals surface area contributed by atoms with E-state index < -0.39 is 0 Å². The lowest BCUT2D eigenvalue weighted by Crippen LogP contribution is -2.35. The Hall–Kier alpha value is -1.25. The van der Waals surface area contributed by atoms with Gasteiger partial charge >= 0.3 is 0 Å². The summed E-state index contributed by atoms with van der Waals surface area (Å²) < 4.78 is 5.78. The molecule has 1 amide bonds. The molecule has 0 fully saturated rings.